The molecule has 10 heteroatoms. The Morgan fingerprint density at radius 1 is 1.06 bits per heavy atom. The molecule has 2 aromatic rings. The van der Waals surface area contributed by atoms with E-state index in [1.807, 2.05) is 24.3 Å². The lowest BCUT2D eigenvalue weighted by atomic mass is 9.96. The van der Waals surface area contributed by atoms with Gasteiger partial charge >= 0.3 is 0 Å². The van der Waals surface area contributed by atoms with E-state index in [1.54, 1.807) is 4.90 Å². The summed E-state index contributed by atoms with van der Waals surface area (Å²) < 4.78 is 33.3. The molecule has 0 spiro atoms. The highest BCUT2D eigenvalue weighted by Crippen LogP contribution is 2.31. The highest BCUT2D eigenvalue weighted by atomic mass is 35.5. The van der Waals surface area contributed by atoms with Crippen LogP contribution in [-0.2, 0) is 32.6 Å². The first-order chi connectivity index (χ1) is 15.8. The Balaban J connectivity index is 1.38. The third kappa shape index (κ3) is 5.15. The van der Waals surface area contributed by atoms with E-state index in [2.05, 4.69) is 0 Å². The summed E-state index contributed by atoms with van der Waals surface area (Å²) >= 11 is 6.29. The molecule has 2 aliphatic heterocycles. The number of carbonyl (C=O) groups is 2. The Labute approximate surface area is 198 Å². The van der Waals surface area contributed by atoms with Gasteiger partial charge in [-0.3, -0.25) is 9.59 Å². The van der Waals surface area contributed by atoms with Gasteiger partial charge in [0.1, 0.15) is 5.75 Å². The first kappa shape index (κ1) is 23.5. The largest absolute Gasteiger partial charge is 0.482 e. The molecule has 0 saturated carbocycles. The van der Waals surface area contributed by atoms with Crippen molar-refractivity contribution >= 4 is 33.4 Å². The van der Waals surface area contributed by atoms with Gasteiger partial charge in [0, 0.05) is 32.1 Å². The molecule has 8 nitrogen and oxygen atoms in total. The van der Waals surface area contributed by atoms with Crippen molar-refractivity contribution in [1.29, 1.82) is 0 Å². The smallest absolute Gasteiger partial charge is 0.260 e. The minimum atomic E-state index is -3.72. The summed E-state index contributed by atoms with van der Waals surface area (Å²) in [6, 6.07) is 12.1. The van der Waals surface area contributed by atoms with E-state index in [-0.39, 0.29) is 40.0 Å². The summed E-state index contributed by atoms with van der Waals surface area (Å²) in [4.78, 5) is 25.4. The normalized spacial score (nSPS) is 17.4. The van der Waals surface area contributed by atoms with Crippen LogP contribution in [0, 0.1) is 5.92 Å². The highest BCUT2D eigenvalue weighted by Gasteiger charge is 2.29. The Hall–Kier alpha value is -2.62. The minimum Gasteiger partial charge on any atom is -0.482 e. The molecule has 2 heterocycles. The number of benzene rings is 2. The number of rotatable bonds is 6. The van der Waals surface area contributed by atoms with Gasteiger partial charge in [0.25, 0.3) is 5.91 Å². The third-order valence-corrected chi connectivity index (χ3v) is 8.37. The van der Waals surface area contributed by atoms with Gasteiger partial charge < -0.3 is 15.4 Å². The number of nitrogens with two attached hydrogens (primary N) is 1. The van der Waals surface area contributed by atoms with Gasteiger partial charge in [0.15, 0.2) is 6.61 Å². The molecular weight excluding hydrogens is 466 g/mol. The van der Waals surface area contributed by atoms with Gasteiger partial charge in [-0.05, 0) is 48.6 Å². The number of hydrogen-bond donors (Lipinski definition) is 1. The molecule has 2 aliphatic rings. The van der Waals surface area contributed by atoms with E-state index in [4.69, 9.17) is 22.1 Å². The van der Waals surface area contributed by atoms with Crippen molar-refractivity contribution in [2.24, 2.45) is 11.7 Å². The fourth-order valence-corrected chi connectivity index (χ4v) is 5.97. The summed E-state index contributed by atoms with van der Waals surface area (Å²) in [5.41, 5.74) is 7.48. The van der Waals surface area contributed by atoms with Crippen LogP contribution in [0.4, 0.5) is 0 Å². The van der Waals surface area contributed by atoms with Crippen molar-refractivity contribution in [3.63, 3.8) is 0 Å². The van der Waals surface area contributed by atoms with Gasteiger partial charge in [-0.1, -0.05) is 35.9 Å². The molecule has 0 aromatic heterocycles. The molecule has 0 bridgehead atoms. The Bertz CT molecular complexity index is 1160. The van der Waals surface area contributed by atoms with E-state index < -0.39 is 10.0 Å². The van der Waals surface area contributed by atoms with Crippen LogP contribution < -0.4 is 10.5 Å². The van der Waals surface area contributed by atoms with Gasteiger partial charge in [-0.25, -0.2) is 8.42 Å². The SMILES string of the molecule is NC(=O)C1CCN(C(=O)COc2ccc(S(=O)(=O)N3CCc4ccccc4C3)cc2Cl)CC1. The molecule has 0 atom stereocenters. The zero-order chi connectivity index (χ0) is 23.6. The molecule has 176 valence electrons. The van der Waals surface area contributed by atoms with Crippen LogP contribution in [-0.4, -0.2) is 55.7 Å². The van der Waals surface area contributed by atoms with Gasteiger partial charge in [-0.15, -0.1) is 0 Å². The zero-order valence-electron chi connectivity index (χ0n) is 18.1. The molecule has 1 fully saturated rings. The van der Waals surface area contributed by atoms with E-state index >= 15 is 0 Å². The third-order valence-electron chi connectivity index (χ3n) is 6.24. The second kappa shape index (κ2) is 9.70. The average Bonchev–Trinajstić information content (AvgIpc) is 2.82. The monoisotopic (exact) mass is 491 g/mol. The fourth-order valence-electron chi connectivity index (χ4n) is 4.23. The predicted octanol–water partition coefficient (Wildman–Crippen LogP) is 2.19. The molecule has 1 saturated heterocycles. The molecule has 0 radical (unpaired) electrons. The number of sulfonamides is 1. The Kier molecular flexibility index (Phi) is 6.92. The van der Waals surface area contributed by atoms with Crippen molar-refractivity contribution in [3.05, 3.63) is 58.6 Å². The molecule has 2 amide bonds. The van der Waals surface area contributed by atoms with E-state index in [9.17, 15) is 18.0 Å². The molecule has 4 rings (SSSR count). The van der Waals surface area contributed by atoms with E-state index in [0.717, 1.165) is 11.1 Å². The van der Waals surface area contributed by atoms with Crippen molar-refractivity contribution in [1.82, 2.24) is 9.21 Å². The van der Waals surface area contributed by atoms with Crippen LogP contribution >= 0.6 is 11.6 Å². The summed E-state index contributed by atoms with van der Waals surface area (Å²) in [7, 11) is -3.72. The maximum atomic E-state index is 13.1. The fraction of sp³-hybridized carbons (Fsp3) is 0.391. The number of fused-ring (bicyclic) bond motifs is 1. The maximum absolute atomic E-state index is 13.1. The molecule has 33 heavy (non-hydrogen) atoms. The first-order valence-electron chi connectivity index (χ1n) is 10.8. The van der Waals surface area contributed by atoms with Gasteiger partial charge in [-0.2, -0.15) is 4.31 Å². The van der Waals surface area contributed by atoms with Crippen LogP contribution in [0.5, 0.6) is 5.75 Å². The topological polar surface area (TPSA) is 110 Å². The number of piperidine rings is 1. The second-order valence-electron chi connectivity index (χ2n) is 8.30. The standard InChI is InChI=1S/C23H26ClN3O5S/c24-20-13-19(33(30,31)27-12-9-16-3-1-2-4-18(16)14-27)5-6-21(20)32-15-22(28)26-10-7-17(8-11-26)23(25)29/h1-6,13,17H,7-12,14-15H2,(H2,25,29). The quantitative estimate of drug-likeness (QED) is 0.666. The molecule has 0 unspecified atom stereocenters. The minimum absolute atomic E-state index is 0.0825. The van der Waals surface area contributed by atoms with E-state index in [1.165, 1.54) is 22.5 Å². The lowest BCUT2D eigenvalue weighted by Gasteiger charge is -2.30. The van der Waals surface area contributed by atoms with Crippen molar-refractivity contribution in [2.75, 3.05) is 26.2 Å². The zero-order valence-corrected chi connectivity index (χ0v) is 19.6. The lowest BCUT2D eigenvalue weighted by Crippen LogP contribution is -2.43. The van der Waals surface area contributed by atoms with Crippen LogP contribution in [0.2, 0.25) is 5.02 Å². The van der Waals surface area contributed by atoms with Crippen LogP contribution in [0.25, 0.3) is 0 Å². The maximum Gasteiger partial charge on any atom is 0.260 e. The number of ether oxygens (including phenoxy) is 1. The number of amides is 2. The van der Waals surface area contributed by atoms with Gasteiger partial charge in [0.2, 0.25) is 15.9 Å². The summed E-state index contributed by atoms with van der Waals surface area (Å²) in [6.45, 7) is 1.38. The number of hydrogen-bond acceptors (Lipinski definition) is 5. The number of nitrogens with zero attached hydrogens (tertiary/aromatic N) is 2. The molecule has 2 N–H and O–H groups in total. The second-order valence-corrected chi connectivity index (χ2v) is 10.6. The number of likely N-dealkylation sites (tertiary alicyclic amines) is 1. The summed E-state index contributed by atoms with van der Waals surface area (Å²) in [5, 5.41) is 0.119. The van der Waals surface area contributed by atoms with Crippen LogP contribution in [0.1, 0.15) is 24.0 Å². The highest BCUT2D eigenvalue weighted by molar-refractivity contribution is 7.89. The lowest BCUT2D eigenvalue weighted by molar-refractivity contribution is -0.136. The Morgan fingerprint density at radius 2 is 1.76 bits per heavy atom. The van der Waals surface area contributed by atoms with Crippen molar-refractivity contribution < 1.29 is 22.7 Å². The molecule has 0 aliphatic carbocycles. The van der Waals surface area contributed by atoms with E-state index in [0.29, 0.717) is 45.4 Å². The Morgan fingerprint density at radius 3 is 2.42 bits per heavy atom. The summed E-state index contributed by atoms with van der Waals surface area (Å²) in [5.74, 6) is -0.529. The molecular formula is C23H26ClN3O5S. The number of carbonyl (C=O) groups excluding carboxylic acids is 2. The first-order valence-corrected chi connectivity index (χ1v) is 12.6. The molecule has 2 aromatic carbocycles. The van der Waals surface area contributed by atoms with Gasteiger partial charge in [0.05, 0.1) is 9.92 Å². The van der Waals surface area contributed by atoms with Crippen LogP contribution in [0.15, 0.2) is 47.4 Å². The average molecular weight is 492 g/mol. The van der Waals surface area contributed by atoms with Crippen molar-refractivity contribution in [3.8, 4) is 5.75 Å². The van der Waals surface area contributed by atoms with Crippen molar-refractivity contribution in [2.45, 2.75) is 30.7 Å². The number of primary amides is 1. The predicted molar refractivity (Wildman–Crippen MR) is 123 cm³/mol. The van der Waals surface area contributed by atoms with Crippen LogP contribution in [0.3, 0.4) is 0 Å². The number of halogens is 1. The summed E-state index contributed by atoms with van der Waals surface area (Å²) in [6.07, 6.45) is 1.73.